The number of rotatable bonds is 3. The van der Waals surface area contributed by atoms with Gasteiger partial charge in [0.1, 0.15) is 11.5 Å². The summed E-state index contributed by atoms with van der Waals surface area (Å²) in [5.74, 6) is -2.17. The summed E-state index contributed by atoms with van der Waals surface area (Å²) in [5.41, 5.74) is 6.35. The van der Waals surface area contributed by atoms with Gasteiger partial charge in [-0.3, -0.25) is 4.79 Å². The molecule has 3 aromatic rings. The molecule has 1 aromatic carbocycles. The molecule has 0 atom stereocenters. The Hall–Kier alpha value is -3.43. The molecule has 1 aliphatic heterocycles. The number of hydrogen-bond acceptors (Lipinski definition) is 6. The van der Waals surface area contributed by atoms with E-state index >= 15 is 0 Å². The van der Waals surface area contributed by atoms with Crippen molar-refractivity contribution in [3.8, 4) is 17.1 Å². The number of benzene rings is 1. The molecule has 0 unspecified atom stereocenters. The molecule has 27 heavy (non-hydrogen) atoms. The Balaban J connectivity index is 1.79. The number of tetrazole rings is 1. The lowest BCUT2D eigenvalue weighted by molar-refractivity contribution is 0.0792. The van der Waals surface area contributed by atoms with E-state index in [0.717, 1.165) is 23.6 Å². The Morgan fingerprint density at radius 1 is 1.19 bits per heavy atom. The quantitative estimate of drug-likeness (QED) is 0.753. The predicted octanol–water partition coefficient (Wildman–Crippen LogP) is 1.82. The summed E-state index contributed by atoms with van der Waals surface area (Å²) in [5, 5.41) is 11.1. The van der Waals surface area contributed by atoms with Crippen LogP contribution in [0.15, 0.2) is 30.5 Å². The molecular formula is C17H15F2N7O. The maximum Gasteiger partial charge on any atom is 0.255 e. The largest absolute Gasteiger partial charge is 0.383 e. The third-order valence-electron chi connectivity index (χ3n) is 4.43. The molecule has 10 heteroatoms. The van der Waals surface area contributed by atoms with Crippen LogP contribution in [0.25, 0.3) is 17.1 Å². The molecule has 1 saturated heterocycles. The molecular weight excluding hydrogens is 356 g/mol. The van der Waals surface area contributed by atoms with Gasteiger partial charge in [0, 0.05) is 19.3 Å². The third kappa shape index (κ3) is 2.98. The van der Waals surface area contributed by atoms with Crippen molar-refractivity contribution >= 4 is 11.7 Å². The fourth-order valence-corrected chi connectivity index (χ4v) is 3.05. The Kier molecular flexibility index (Phi) is 4.22. The van der Waals surface area contributed by atoms with Crippen molar-refractivity contribution in [1.29, 1.82) is 0 Å². The molecule has 8 nitrogen and oxygen atoms in total. The van der Waals surface area contributed by atoms with Crippen molar-refractivity contribution in [2.24, 2.45) is 0 Å². The van der Waals surface area contributed by atoms with E-state index in [-0.39, 0.29) is 28.8 Å². The van der Waals surface area contributed by atoms with Crippen LogP contribution in [0.4, 0.5) is 14.6 Å². The van der Waals surface area contributed by atoms with Crippen molar-refractivity contribution in [2.45, 2.75) is 12.8 Å². The van der Waals surface area contributed by atoms with Crippen LogP contribution in [0.3, 0.4) is 0 Å². The topological polar surface area (TPSA) is 103 Å². The summed E-state index contributed by atoms with van der Waals surface area (Å²) in [6, 6.07) is 5.19. The van der Waals surface area contributed by atoms with E-state index in [1.807, 2.05) is 0 Å². The van der Waals surface area contributed by atoms with Crippen molar-refractivity contribution in [2.75, 3.05) is 18.8 Å². The fourth-order valence-electron chi connectivity index (χ4n) is 3.05. The Morgan fingerprint density at radius 2 is 1.96 bits per heavy atom. The van der Waals surface area contributed by atoms with Crippen molar-refractivity contribution in [1.82, 2.24) is 30.1 Å². The van der Waals surface area contributed by atoms with Gasteiger partial charge in [-0.25, -0.2) is 13.8 Å². The molecule has 138 valence electrons. The number of aromatic nitrogens is 5. The first-order valence-electron chi connectivity index (χ1n) is 8.34. The minimum absolute atomic E-state index is 0.0561. The molecule has 0 saturated carbocycles. The number of nitrogens with zero attached hydrogens (tertiary/aromatic N) is 6. The second kappa shape index (κ2) is 6.71. The lowest BCUT2D eigenvalue weighted by Gasteiger charge is -2.16. The number of pyridine rings is 1. The summed E-state index contributed by atoms with van der Waals surface area (Å²) in [4.78, 5) is 18.4. The van der Waals surface area contributed by atoms with Gasteiger partial charge in [-0.2, -0.15) is 4.68 Å². The van der Waals surface area contributed by atoms with E-state index in [2.05, 4.69) is 20.5 Å². The monoisotopic (exact) mass is 371 g/mol. The van der Waals surface area contributed by atoms with Gasteiger partial charge in [0.05, 0.1) is 11.1 Å². The zero-order chi connectivity index (χ0) is 19.0. The average Bonchev–Trinajstić information content (AvgIpc) is 3.35. The Bertz CT molecular complexity index is 1010. The lowest BCUT2D eigenvalue weighted by Crippen LogP contribution is -2.27. The molecule has 2 aromatic heterocycles. The number of carbonyl (C=O) groups excluding carboxylic acids is 1. The average molecular weight is 371 g/mol. The number of anilines is 1. The zero-order valence-electron chi connectivity index (χ0n) is 14.1. The van der Waals surface area contributed by atoms with E-state index < -0.39 is 11.6 Å². The summed E-state index contributed by atoms with van der Waals surface area (Å²) in [6.45, 7) is 1.37. The van der Waals surface area contributed by atoms with E-state index in [0.29, 0.717) is 18.7 Å². The summed E-state index contributed by atoms with van der Waals surface area (Å²) >= 11 is 0. The van der Waals surface area contributed by atoms with Crippen LogP contribution in [-0.2, 0) is 0 Å². The van der Waals surface area contributed by atoms with Crippen molar-refractivity contribution in [3.05, 3.63) is 47.7 Å². The van der Waals surface area contributed by atoms with Crippen LogP contribution >= 0.6 is 0 Å². The van der Waals surface area contributed by atoms with E-state index in [9.17, 15) is 13.6 Å². The van der Waals surface area contributed by atoms with Gasteiger partial charge >= 0.3 is 0 Å². The molecule has 0 bridgehead atoms. The highest BCUT2D eigenvalue weighted by Gasteiger charge is 2.23. The van der Waals surface area contributed by atoms with Crippen LogP contribution in [0.2, 0.25) is 0 Å². The maximum absolute atomic E-state index is 14.2. The highest BCUT2D eigenvalue weighted by atomic mass is 19.2. The number of carbonyl (C=O) groups is 1. The highest BCUT2D eigenvalue weighted by Crippen LogP contribution is 2.27. The molecule has 1 amide bonds. The van der Waals surface area contributed by atoms with E-state index in [1.165, 1.54) is 24.4 Å². The fraction of sp³-hybridized carbons (Fsp3) is 0.235. The molecule has 2 N–H and O–H groups in total. The van der Waals surface area contributed by atoms with Gasteiger partial charge in [0.15, 0.2) is 17.5 Å². The first-order chi connectivity index (χ1) is 13.1. The van der Waals surface area contributed by atoms with Gasteiger partial charge in [0.25, 0.3) is 5.91 Å². The molecule has 0 radical (unpaired) electrons. The molecule has 1 aliphatic rings. The summed E-state index contributed by atoms with van der Waals surface area (Å²) in [6.07, 6.45) is 3.30. The van der Waals surface area contributed by atoms with Gasteiger partial charge in [-0.1, -0.05) is 6.07 Å². The lowest BCUT2D eigenvalue weighted by atomic mass is 10.1. The van der Waals surface area contributed by atoms with E-state index in [1.54, 1.807) is 4.90 Å². The Labute approximate surface area is 152 Å². The van der Waals surface area contributed by atoms with Crippen molar-refractivity contribution < 1.29 is 13.6 Å². The minimum atomic E-state index is -1.10. The minimum Gasteiger partial charge on any atom is -0.383 e. The number of amides is 1. The molecule has 0 aliphatic carbocycles. The van der Waals surface area contributed by atoms with Gasteiger partial charge in [0.2, 0.25) is 0 Å². The summed E-state index contributed by atoms with van der Waals surface area (Å²) < 4.78 is 28.8. The first-order valence-corrected chi connectivity index (χ1v) is 8.34. The van der Waals surface area contributed by atoms with Crippen LogP contribution in [0.1, 0.15) is 23.2 Å². The van der Waals surface area contributed by atoms with Crippen LogP contribution in [-0.4, -0.2) is 49.1 Å². The SMILES string of the molecule is Nc1ncc(C(=O)N2CCCC2)cc1-c1nnnn1-c1cccc(F)c1F. The molecule has 1 fully saturated rings. The maximum atomic E-state index is 14.2. The zero-order valence-corrected chi connectivity index (χ0v) is 14.1. The third-order valence-corrected chi connectivity index (χ3v) is 4.43. The highest BCUT2D eigenvalue weighted by molar-refractivity contribution is 5.96. The van der Waals surface area contributed by atoms with E-state index in [4.69, 9.17) is 5.73 Å². The molecule has 3 heterocycles. The summed E-state index contributed by atoms with van der Waals surface area (Å²) in [7, 11) is 0. The second-order valence-corrected chi connectivity index (χ2v) is 6.14. The Morgan fingerprint density at radius 3 is 2.74 bits per heavy atom. The normalized spacial score (nSPS) is 13.9. The number of halogens is 2. The van der Waals surface area contributed by atoms with Crippen LogP contribution in [0.5, 0.6) is 0 Å². The predicted molar refractivity (Wildman–Crippen MR) is 91.9 cm³/mol. The van der Waals surface area contributed by atoms with Crippen LogP contribution in [0, 0.1) is 11.6 Å². The number of hydrogen-bond donors (Lipinski definition) is 1. The number of nitrogens with two attached hydrogens (primary N) is 1. The van der Waals surface area contributed by atoms with Crippen molar-refractivity contribution in [3.63, 3.8) is 0 Å². The van der Waals surface area contributed by atoms with Gasteiger partial charge in [-0.15, -0.1) is 5.10 Å². The molecule has 4 rings (SSSR count). The van der Waals surface area contributed by atoms with Gasteiger partial charge < -0.3 is 10.6 Å². The molecule has 0 spiro atoms. The first kappa shape index (κ1) is 17.0. The standard InChI is InChI=1S/C17H15F2N7O/c18-12-4-3-5-13(14(12)19)26-16(22-23-24-26)11-8-10(9-21-15(11)20)17(27)25-6-1-2-7-25/h3-5,8-9H,1-2,6-7H2,(H2,20,21). The second-order valence-electron chi connectivity index (χ2n) is 6.14. The number of likely N-dealkylation sites (tertiary alicyclic amines) is 1. The number of nitrogen functional groups attached to an aromatic ring is 1. The van der Waals surface area contributed by atoms with Gasteiger partial charge in [-0.05, 0) is 41.5 Å². The smallest absolute Gasteiger partial charge is 0.255 e. The van der Waals surface area contributed by atoms with Crippen LogP contribution < -0.4 is 5.73 Å².